The van der Waals surface area contributed by atoms with E-state index in [1.807, 2.05) is 45.0 Å². The summed E-state index contributed by atoms with van der Waals surface area (Å²) in [5.74, 6) is 0.0558. The van der Waals surface area contributed by atoms with E-state index in [2.05, 4.69) is 16.0 Å². The molecular formula is C23H26N4O3. The molecule has 1 atom stereocenters. The lowest BCUT2D eigenvalue weighted by Gasteiger charge is -2.18. The van der Waals surface area contributed by atoms with Gasteiger partial charge < -0.3 is 20.7 Å². The van der Waals surface area contributed by atoms with E-state index >= 15 is 0 Å². The number of amides is 2. The van der Waals surface area contributed by atoms with Crippen LogP contribution >= 0.6 is 0 Å². The summed E-state index contributed by atoms with van der Waals surface area (Å²) < 4.78 is 5.68. The Kier molecular flexibility index (Phi) is 8.00. The van der Waals surface area contributed by atoms with Crippen molar-refractivity contribution >= 4 is 23.2 Å². The van der Waals surface area contributed by atoms with Gasteiger partial charge in [0.1, 0.15) is 17.4 Å². The van der Waals surface area contributed by atoms with Crippen molar-refractivity contribution in [1.29, 1.82) is 5.26 Å². The van der Waals surface area contributed by atoms with Crippen molar-refractivity contribution in [2.45, 2.75) is 33.7 Å². The van der Waals surface area contributed by atoms with Crippen LogP contribution in [0.2, 0.25) is 0 Å². The molecule has 30 heavy (non-hydrogen) atoms. The third-order valence-electron chi connectivity index (χ3n) is 4.24. The Hall–Kier alpha value is -3.79. The highest BCUT2D eigenvalue weighted by Crippen LogP contribution is 2.26. The quantitative estimate of drug-likeness (QED) is 0.453. The smallest absolute Gasteiger partial charge is 0.267 e. The highest BCUT2D eigenvalue weighted by molar-refractivity contribution is 6.06. The first-order valence-electron chi connectivity index (χ1n) is 9.62. The minimum absolute atomic E-state index is 0.0570. The molecule has 0 aliphatic heterocycles. The zero-order valence-electron chi connectivity index (χ0n) is 17.6. The van der Waals surface area contributed by atoms with E-state index in [0.717, 1.165) is 16.9 Å². The molecule has 0 saturated carbocycles. The normalized spacial score (nSPS) is 11.8. The van der Waals surface area contributed by atoms with Gasteiger partial charge in [0.05, 0.1) is 12.6 Å². The van der Waals surface area contributed by atoms with Gasteiger partial charge in [-0.15, -0.1) is 0 Å². The summed E-state index contributed by atoms with van der Waals surface area (Å²) in [6.07, 6.45) is 1.41. The zero-order chi connectivity index (χ0) is 22.1. The minimum Gasteiger partial charge on any atom is -0.494 e. The molecule has 156 valence electrons. The van der Waals surface area contributed by atoms with Gasteiger partial charge >= 0.3 is 0 Å². The summed E-state index contributed by atoms with van der Waals surface area (Å²) in [4.78, 5) is 23.5. The van der Waals surface area contributed by atoms with Gasteiger partial charge in [0, 0.05) is 30.1 Å². The number of nitriles is 1. The maximum atomic E-state index is 12.4. The van der Waals surface area contributed by atoms with E-state index < -0.39 is 5.91 Å². The molecule has 2 rings (SSSR count). The molecule has 2 aromatic carbocycles. The molecule has 3 N–H and O–H groups in total. The second-order valence-corrected chi connectivity index (χ2v) is 6.75. The van der Waals surface area contributed by atoms with Crippen molar-refractivity contribution in [3.8, 4) is 11.8 Å². The van der Waals surface area contributed by atoms with Crippen molar-refractivity contribution in [1.82, 2.24) is 5.32 Å². The minimum atomic E-state index is -0.529. The van der Waals surface area contributed by atoms with Gasteiger partial charge in [-0.05, 0) is 51.1 Å². The number of carbonyl (C=O) groups is 2. The Morgan fingerprint density at radius 2 is 1.77 bits per heavy atom. The van der Waals surface area contributed by atoms with Crippen molar-refractivity contribution in [2.24, 2.45) is 0 Å². The van der Waals surface area contributed by atoms with E-state index in [9.17, 15) is 14.9 Å². The van der Waals surface area contributed by atoms with Crippen molar-refractivity contribution in [3.05, 3.63) is 65.4 Å². The molecule has 2 amide bonds. The standard InChI is InChI=1S/C23H26N4O3/c1-5-30-22-11-6-15(2)12-21(22)16(3)25-14-18(13-24)23(29)27-20-9-7-19(8-10-20)26-17(4)28/h6-12,14,16,25H,5H2,1-4H3,(H,26,28)(H,27,29)/b18-14-. The number of anilines is 2. The Bertz CT molecular complexity index is 975. The molecule has 1 unspecified atom stereocenters. The van der Waals surface area contributed by atoms with Crippen LogP contribution in [0.15, 0.2) is 54.2 Å². The lowest BCUT2D eigenvalue weighted by molar-refractivity contribution is -0.114. The molecule has 7 heteroatoms. The van der Waals surface area contributed by atoms with Crippen LogP contribution in [0, 0.1) is 18.3 Å². The van der Waals surface area contributed by atoms with Gasteiger partial charge in [0.2, 0.25) is 5.91 Å². The van der Waals surface area contributed by atoms with Crippen LogP contribution in [0.4, 0.5) is 11.4 Å². The molecule has 0 bridgehead atoms. The van der Waals surface area contributed by atoms with E-state index in [0.29, 0.717) is 18.0 Å². The van der Waals surface area contributed by atoms with Crippen molar-refractivity contribution in [2.75, 3.05) is 17.2 Å². The second-order valence-electron chi connectivity index (χ2n) is 6.75. The zero-order valence-corrected chi connectivity index (χ0v) is 17.6. The number of hydrogen-bond acceptors (Lipinski definition) is 5. The lowest BCUT2D eigenvalue weighted by atomic mass is 10.0. The van der Waals surface area contributed by atoms with Crippen LogP contribution in [0.25, 0.3) is 0 Å². The summed E-state index contributed by atoms with van der Waals surface area (Å²) in [6, 6.07) is 14.3. The SMILES string of the molecule is CCOc1ccc(C)cc1C(C)N/C=C(/C#N)C(=O)Nc1ccc(NC(C)=O)cc1. The molecule has 0 spiro atoms. The number of carbonyl (C=O) groups excluding carboxylic acids is 2. The molecule has 0 aliphatic carbocycles. The van der Waals surface area contributed by atoms with Gasteiger partial charge in [0.15, 0.2) is 0 Å². The largest absolute Gasteiger partial charge is 0.494 e. The third kappa shape index (κ3) is 6.38. The van der Waals surface area contributed by atoms with Crippen LogP contribution < -0.4 is 20.7 Å². The molecule has 0 aromatic heterocycles. The maximum Gasteiger partial charge on any atom is 0.267 e. The average molecular weight is 406 g/mol. The number of benzene rings is 2. The first-order chi connectivity index (χ1) is 14.3. The van der Waals surface area contributed by atoms with Gasteiger partial charge in [-0.1, -0.05) is 17.7 Å². The van der Waals surface area contributed by atoms with Gasteiger partial charge in [-0.25, -0.2) is 0 Å². The van der Waals surface area contributed by atoms with Crippen LogP contribution in [-0.4, -0.2) is 18.4 Å². The van der Waals surface area contributed by atoms with Gasteiger partial charge in [0.25, 0.3) is 5.91 Å². The summed E-state index contributed by atoms with van der Waals surface area (Å²) in [6.45, 7) is 7.81. The number of nitrogens with one attached hydrogen (secondary N) is 3. The summed E-state index contributed by atoms with van der Waals surface area (Å²) in [7, 11) is 0. The topological polar surface area (TPSA) is 103 Å². The fourth-order valence-electron chi connectivity index (χ4n) is 2.78. The van der Waals surface area contributed by atoms with E-state index in [1.165, 1.54) is 13.1 Å². The predicted molar refractivity (Wildman–Crippen MR) is 117 cm³/mol. The Labute approximate surface area is 176 Å². The number of aryl methyl sites for hydroxylation is 1. The number of ether oxygens (including phenoxy) is 1. The van der Waals surface area contributed by atoms with Crippen LogP contribution in [0.5, 0.6) is 5.75 Å². The van der Waals surface area contributed by atoms with E-state index in [-0.39, 0.29) is 17.5 Å². The number of rotatable bonds is 8. The molecule has 0 aliphatic rings. The molecule has 0 radical (unpaired) electrons. The van der Waals surface area contributed by atoms with E-state index in [1.54, 1.807) is 24.3 Å². The monoisotopic (exact) mass is 406 g/mol. The second kappa shape index (κ2) is 10.7. The summed E-state index contributed by atoms with van der Waals surface area (Å²) in [5, 5.41) is 17.8. The molecular weight excluding hydrogens is 380 g/mol. The molecule has 0 heterocycles. The molecule has 0 fully saturated rings. The maximum absolute atomic E-state index is 12.4. The van der Waals surface area contributed by atoms with Gasteiger partial charge in [-0.2, -0.15) is 5.26 Å². The number of hydrogen-bond donors (Lipinski definition) is 3. The van der Waals surface area contributed by atoms with Crippen LogP contribution in [0.3, 0.4) is 0 Å². The van der Waals surface area contributed by atoms with E-state index in [4.69, 9.17) is 4.74 Å². The van der Waals surface area contributed by atoms with Crippen LogP contribution in [-0.2, 0) is 9.59 Å². The lowest BCUT2D eigenvalue weighted by Crippen LogP contribution is -2.19. The molecule has 2 aromatic rings. The highest BCUT2D eigenvalue weighted by Gasteiger charge is 2.14. The summed E-state index contributed by atoms with van der Waals surface area (Å²) >= 11 is 0. The average Bonchev–Trinajstić information content (AvgIpc) is 2.71. The Balaban J connectivity index is 2.08. The fourth-order valence-corrected chi connectivity index (χ4v) is 2.78. The summed E-state index contributed by atoms with van der Waals surface area (Å²) in [5.41, 5.74) is 3.11. The van der Waals surface area contributed by atoms with Crippen molar-refractivity contribution in [3.63, 3.8) is 0 Å². The highest BCUT2D eigenvalue weighted by atomic mass is 16.5. The first-order valence-corrected chi connectivity index (χ1v) is 9.62. The fraction of sp³-hybridized carbons (Fsp3) is 0.261. The van der Waals surface area contributed by atoms with Gasteiger partial charge in [-0.3, -0.25) is 9.59 Å². The third-order valence-corrected chi connectivity index (χ3v) is 4.24. The molecule has 7 nitrogen and oxygen atoms in total. The Morgan fingerprint density at radius 1 is 1.13 bits per heavy atom. The number of nitrogens with zero attached hydrogens (tertiary/aromatic N) is 1. The van der Waals surface area contributed by atoms with Crippen molar-refractivity contribution < 1.29 is 14.3 Å². The Morgan fingerprint density at radius 3 is 2.33 bits per heavy atom. The molecule has 0 saturated heterocycles. The first kappa shape index (κ1) is 22.5. The predicted octanol–water partition coefficient (Wildman–Crippen LogP) is 4.05. The van der Waals surface area contributed by atoms with Crippen LogP contribution in [0.1, 0.15) is 37.9 Å².